The van der Waals surface area contributed by atoms with Crippen LogP contribution in [0, 0.1) is 0 Å². The van der Waals surface area contributed by atoms with Crippen molar-refractivity contribution in [2.75, 3.05) is 6.61 Å². The van der Waals surface area contributed by atoms with E-state index in [0.29, 0.717) is 6.54 Å². The molecule has 0 aliphatic rings. The van der Waals surface area contributed by atoms with Gasteiger partial charge in [0.1, 0.15) is 18.5 Å². The summed E-state index contributed by atoms with van der Waals surface area (Å²) in [4.78, 5) is 0. The Morgan fingerprint density at radius 3 is 2.50 bits per heavy atom. The molecule has 3 heteroatoms. The van der Waals surface area contributed by atoms with Gasteiger partial charge < -0.3 is 15.6 Å². The van der Waals surface area contributed by atoms with E-state index in [1.54, 1.807) is 0 Å². The Labute approximate surface area is 120 Å². The lowest BCUT2D eigenvalue weighted by molar-refractivity contribution is 0.108. The second kappa shape index (κ2) is 7.08. The Bertz CT molecular complexity index is 537. The predicted molar refractivity (Wildman–Crippen MR) is 80.6 cm³/mol. The first-order valence-corrected chi connectivity index (χ1v) is 6.91. The molecule has 0 aromatic heterocycles. The molecule has 2 aromatic carbocycles. The van der Waals surface area contributed by atoms with Gasteiger partial charge in [-0.15, -0.1) is 0 Å². The average molecular weight is 271 g/mol. The van der Waals surface area contributed by atoms with Gasteiger partial charge in [-0.25, -0.2) is 0 Å². The van der Waals surface area contributed by atoms with E-state index in [1.165, 1.54) is 5.56 Å². The number of hydrogen-bond acceptors (Lipinski definition) is 3. The summed E-state index contributed by atoms with van der Waals surface area (Å²) < 4.78 is 5.65. The minimum atomic E-state index is -0.632. The van der Waals surface area contributed by atoms with Crippen LogP contribution in [-0.4, -0.2) is 11.7 Å². The van der Waals surface area contributed by atoms with Crippen LogP contribution in [0.25, 0.3) is 0 Å². The van der Waals surface area contributed by atoms with Crippen LogP contribution in [0.2, 0.25) is 0 Å². The van der Waals surface area contributed by atoms with Gasteiger partial charge >= 0.3 is 0 Å². The first kappa shape index (κ1) is 14.6. The lowest BCUT2D eigenvalue weighted by Crippen LogP contribution is -2.10. The van der Waals surface area contributed by atoms with E-state index in [2.05, 4.69) is 13.0 Å². The van der Waals surface area contributed by atoms with E-state index in [4.69, 9.17) is 10.5 Å². The fraction of sp³-hybridized carbons (Fsp3) is 0.294. The number of aliphatic hydroxyl groups is 1. The highest BCUT2D eigenvalue weighted by atomic mass is 16.5. The second-order valence-corrected chi connectivity index (χ2v) is 4.77. The Morgan fingerprint density at radius 1 is 1.10 bits per heavy atom. The van der Waals surface area contributed by atoms with Crippen LogP contribution in [0.1, 0.15) is 29.7 Å². The average Bonchev–Trinajstić information content (AvgIpc) is 2.53. The summed E-state index contributed by atoms with van der Waals surface area (Å²) in [6.07, 6.45) is 0.340. The highest BCUT2D eigenvalue weighted by Gasteiger charge is 2.08. The van der Waals surface area contributed by atoms with Crippen molar-refractivity contribution >= 4 is 0 Å². The van der Waals surface area contributed by atoms with E-state index in [1.807, 2.05) is 42.5 Å². The topological polar surface area (TPSA) is 55.5 Å². The van der Waals surface area contributed by atoms with Crippen LogP contribution in [0.15, 0.2) is 48.5 Å². The molecule has 0 aliphatic carbocycles. The normalized spacial score (nSPS) is 12.2. The molecular weight excluding hydrogens is 250 g/mol. The molecular formula is C17H21NO2. The fourth-order valence-corrected chi connectivity index (χ4v) is 2.00. The summed E-state index contributed by atoms with van der Waals surface area (Å²) in [5, 5.41) is 10.1. The fourth-order valence-electron chi connectivity index (χ4n) is 2.00. The van der Waals surface area contributed by atoms with Gasteiger partial charge in [0.05, 0.1) is 0 Å². The van der Waals surface area contributed by atoms with E-state index in [0.717, 1.165) is 23.3 Å². The highest BCUT2D eigenvalue weighted by molar-refractivity contribution is 5.29. The van der Waals surface area contributed by atoms with E-state index >= 15 is 0 Å². The smallest absolute Gasteiger partial charge is 0.119 e. The maximum atomic E-state index is 10.1. The highest BCUT2D eigenvalue weighted by Crippen LogP contribution is 2.18. The Morgan fingerprint density at radius 2 is 1.85 bits per heavy atom. The van der Waals surface area contributed by atoms with Crippen LogP contribution in [0.5, 0.6) is 5.75 Å². The number of hydrogen-bond donors (Lipinski definition) is 2. The zero-order chi connectivity index (χ0) is 14.4. The lowest BCUT2D eigenvalue weighted by atomic mass is 10.1. The van der Waals surface area contributed by atoms with Crippen molar-refractivity contribution in [3.05, 3.63) is 65.2 Å². The molecule has 2 rings (SSSR count). The van der Waals surface area contributed by atoms with Gasteiger partial charge in [0.25, 0.3) is 0 Å². The lowest BCUT2D eigenvalue weighted by Gasteiger charge is -2.13. The molecule has 3 nitrogen and oxygen atoms in total. The Hall–Kier alpha value is -1.84. The van der Waals surface area contributed by atoms with Gasteiger partial charge in [-0.05, 0) is 35.2 Å². The van der Waals surface area contributed by atoms with Gasteiger partial charge in [0.2, 0.25) is 0 Å². The molecule has 2 aromatic rings. The molecule has 1 atom stereocenters. The van der Waals surface area contributed by atoms with E-state index in [-0.39, 0.29) is 6.61 Å². The van der Waals surface area contributed by atoms with Crippen LogP contribution < -0.4 is 10.5 Å². The third-order valence-corrected chi connectivity index (χ3v) is 3.31. The molecule has 0 radical (unpaired) electrons. The zero-order valence-electron chi connectivity index (χ0n) is 11.8. The summed E-state index contributed by atoms with van der Waals surface area (Å²) in [5.41, 5.74) is 8.67. The quantitative estimate of drug-likeness (QED) is 0.849. The molecule has 0 amide bonds. The summed E-state index contributed by atoms with van der Waals surface area (Å²) in [5.74, 6) is 0.793. The third-order valence-electron chi connectivity index (χ3n) is 3.31. The number of rotatable bonds is 6. The van der Waals surface area contributed by atoms with Gasteiger partial charge in [-0.3, -0.25) is 0 Å². The summed E-state index contributed by atoms with van der Waals surface area (Å²) in [6, 6.07) is 15.6. The molecule has 0 aliphatic heterocycles. The van der Waals surface area contributed by atoms with Crippen molar-refractivity contribution in [2.24, 2.45) is 5.73 Å². The monoisotopic (exact) mass is 271 g/mol. The van der Waals surface area contributed by atoms with Gasteiger partial charge in [-0.2, -0.15) is 0 Å². The molecule has 20 heavy (non-hydrogen) atoms. The van der Waals surface area contributed by atoms with Crippen LogP contribution in [0.4, 0.5) is 0 Å². The van der Waals surface area contributed by atoms with Crippen LogP contribution >= 0.6 is 0 Å². The minimum Gasteiger partial charge on any atom is -0.491 e. The largest absolute Gasteiger partial charge is 0.491 e. The molecule has 1 unspecified atom stereocenters. The molecule has 0 bridgehead atoms. The van der Waals surface area contributed by atoms with Crippen molar-refractivity contribution in [2.45, 2.75) is 26.0 Å². The van der Waals surface area contributed by atoms with Gasteiger partial charge in [0, 0.05) is 6.54 Å². The molecule has 0 saturated heterocycles. The molecule has 0 spiro atoms. The first-order valence-electron chi connectivity index (χ1n) is 6.91. The first-order chi connectivity index (χ1) is 9.72. The number of benzene rings is 2. The third kappa shape index (κ3) is 3.83. The molecule has 0 heterocycles. The number of nitrogens with two attached hydrogens (primary N) is 1. The van der Waals surface area contributed by atoms with E-state index < -0.39 is 6.10 Å². The SMILES string of the molecule is CCc1cccc(OCC(O)c2ccc(CN)cc2)c1. The zero-order valence-corrected chi connectivity index (χ0v) is 11.8. The summed E-state index contributed by atoms with van der Waals surface area (Å²) >= 11 is 0. The Kier molecular flexibility index (Phi) is 5.16. The van der Waals surface area contributed by atoms with Crippen molar-refractivity contribution in [1.82, 2.24) is 0 Å². The molecule has 106 valence electrons. The second-order valence-electron chi connectivity index (χ2n) is 4.77. The maximum Gasteiger partial charge on any atom is 0.119 e. The van der Waals surface area contributed by atoms with Crippen molar-refractivity contribution < 1.29 is 9.84 Å². The van der Waals surface area contributed by atoms with Gasteiger partial charge in [-0.1, -0.05) is 43.3 Å². The number of aryl methyl sites for hydroxylation is 1. The van der Waals surface area contributed by atoms with Gasteiger partial charge in [0.15, 0.2) is 0 Å². The number of aliphatic hydroxyl groups excluding tert-OH is 1. The Balaban J connectivity index is 1.95. The standard InChI is InChI=1S/C17H21NO2/c1-2-13-4-3-5-16(10-13)20-12-17(19)15-8-6-14(11-18)7-9-15/h3-10,17,19H,2,11-12,18H2,1H3. The minimum absolute atomic E-state index is 0.245. The maximum absolute atomic E-state index is 10.1. The van der Waals surface area contributed by atoms with Crippen molar-refractivity contribution in [1.29, 1.82) is 0 Å². The predicted octanol–water partition coefficient (Wildman–Crippen LogP) is 2.82. The number of ether oxygens (including phenoxy) is 1. The summed E-state index contributed by atoms with van der Waals surface area (Å²) in [7, 11) is 0. The van der Waals surface area contributed by atoms with Crippen LogP contribution in [-0.2, 0) is 13.0 Å². The van der Waals surface area contributed by atoms with E-state index in [9.17, 15) is 5.11 Å². The van der Waals surface area contributed by atoms with Crippen molar-refractivity contribution in [3.8, 4) is 5.75 Å². The molecule has 3 N–H and O–H groups in total. The van der Waals surface area contributed by atoms with Crippen LogP contribution in [0.3, 0.4) is 0 Å². The summed E-state index contributed by atoms with van der Waals surface area (Å²) in [6.45, 7) is 2.86. The van der Waals surface area contributed by atoms with Crippen molar-refractivity contribution in [3.63, 3.8) is 0 Å². The molecule has 0 saturated carbocycles. The molecule has 0 fully saturated rings.